The Bertz CT molecular complexity index is 1320. The highest BCUT2D eigenvalue weighted by molar-refractivity contribution is 6.30. The van der Waals surface area contributed by atoms with E-state index in [1.807, 2.05) is 52.1 Å². The van der Waals surface area contributed by atoms with Crippen LogP contribution in [0, 0.1) is 5.82 Å². The van der Waals surface area contributed by atoms with Crippen LogP contribution in [-0.2, 0) is 13.1 Å². The quantitative estimate of drug-likeness (QED) is 0.384. The zero-order chi connectivity index (χ0) is 22.9. The van der Waals surface area contributed by atoms with Crippen LogP contribution < -0.4 is 4.74 Å². The molecule has 1 aliphatic rings. The summed E-state index contributed by atoms with van der Waals surface area (Å²) >= 11 is 6.10. The number of rotatable bonds is 5. The molecule has 2 aromatic carbocycles. The topological polar surface area (TPSA) is 47.4 Å². The highest BCUT2D eigenvalue weighted by atomic mass is 35.5. The average molecular weight is 462 g/mol. The van der Waals surface area contributed by atoms with Crippen molar-refractivity contribution in [1.82, 2.24) is 14.5 Å². The van der Waals surface area contributed by atoms with Crippen LogP contribution in [0.3, 0.4) is 0 Å². The molecule has 2 aromatic heterocycles. The van der Waals surface area contributed by atoms with Gasteiger partial charge in [0, 0.05) is 53.7 Å². The zero-order valence-electron chi connectivity index (χ0n) is 18.0. The summed E-state index contributed by atoms with van der Waals surface area (Å²) in [6.07, 6.45) is 4.61. The van der Waals surface area contributed by atoms with E-state index in [4.69, 9.17) is 16.3 Å². The Morgan fingerprint density at radius 2 is 1.79 bits per heavy atom. The Kier molecular flexibility index (Phi) is 5.60. The van der Waals surface area contributed by atoms with Crippen molar-refractivity contribution in [2.24, 2.45) is 0 Å². The minimum absolute atomic E-state index is 0.0947. The van der Waals surface area contributed by atoms with Gasteiger partial charge in [-0.05, 0) is 41.5 Å². The first-order chi connectivity index (χ1) is 16.0. The van der Waals surface area contributed by atoms with Crippen LogP contribution in [0.15, 0.2) is 73.2 Å². The van der Waals surface area contributed by atoms with Gasteiger partial charge in [-0.25, -0.2) is 4.39 Å². The fraction of sp³-hybridized carbons (Fsp3) is 0.154. The van der Waals surface area contributed by atoms with Gasteiger partial charge < -0.3 is 14.2 Å². The molecule has 0 saturated heterocycles. The maximum absolute atomic E-state index is 14.7. The third-order valence-corrected chi connectivity index (χ3v) is 6.16. The molecule has 0 N–H and O–H groups in total. The molecular weight excluding hydrogens is 441 g/mol. The van der Waals surface area contributed by atoms with Crippen molar-refractivity contribution >= 4 is 17.5 Å². The number of fused-ring (bicyclic) bond motifs is 1. The second kappa shape index (κ2) is 8.71. The zero-order valence-corrected chi connectivity index (χ0v) is 18.7. The molecule has 5 nitrogen and oxygen atoms in total. The van der Waals surface area contributed by atoms with Crippen molar-refractivity contribution in [3.05, 3.63) is 95.3 Å². The first-order valence-electron chi connectivity index (χ1n) is 10.6. The van der Waals surface area contributed by atoms with Gasteiger partial charge in [-0.15, -0.1) is 0 Å². The van der Waals surface area contributed by atoms with Gasteiger partial charge in [-0.2, -0.15) is 0 Å². The van der Waals surface area contributed by atoms with Crippen molar-refractivity contribution in [3.8, 4) is 28.0 Å². The van der Waals surface area contributed by atoms with Crippen LogP contribution in [0.25, 0.3) is 22.3 Å². The summed E-state index contributed by atoms with van der Waals surface area (Å²) in [6.45, 7) is 1.66. The van der Waals surface area contributed by atoms with Gasteiger partial charge in [0.05, 0.1) is 13.3 Å². The fourth-order valence-corrected chi connectivity index (χ4v) is 4.38. The lowest BCUT2D eigenvalue weighted by atomic mass is 9.96. The second-order valence-corrected chi connectivity index (χ2v) is 8.33. The van der Waals surface area contributed by atoms with Gasteiger partial charge in [-0.3, -0.25) is 9.78 Å². The normalized spacial score (nSPS) is 13.2. The lowest BCUT2D eigenvalue weighted by Crippen LogP contribution is -2.39. The van der Waals surface area contributed by atoms with Crippen molar-refractivity contribution in [2.45, 2.75) is 13.1 Å². The number of halogens is 2. The van der Waals surface area contributed by atoms with Gasteiger partial charge in [0.25, 0.3) is 5.91 Å². The molecule has 0 spiro atoms. The third-order valence-electron chi connectivity index (χ3n) is 5.91. The molecular formula is C26H21ClFN3O2. The highest BCUT2D eigenvalue weighted by Gasteiger charge is 2.31. The fourth-order valence-electron chi connectivity index (χ4n) is 4.25. The summed E-state index contributed by atoms with van der Waals surface area (Å²) in [5.74, 6) is 0.243. The number of amides is 1. The molecule has 0 fully saturated rings. The molecule has 0 atom stereocenters. The van der Waals surface area contributed by atoms with Crippen molar-refractivity contribution in [2.75, 3.05) is 13.7 Å². The number of nitrogens with zero attached hydrogens (tertiary/aromatic N) is 3. The Balaban J connectivity index is 1.59. The van der Waals surface area contributed by atoms with Gasteiger partial charge >= 0.3 is 0 Å². The maximum Gasteiger partial charge on any atom is 0.271 e. The summed E-state index contributed by atoms with van der Waals surface area (Å²) in [7, 11) is 1.62. The van der Waals surface area contributed by atoms with Gasteiger partial charge in [0.1, 0.15) is 17.3 Å². The Morgan fingerprint density at radius 1 is 1.03 bits per heavy atom. The van der Waals surface area contributed by atoms with E-state index in [1.165, 1.54) is 6.20 Å². The van der Waals surface area contributed by atoms with Crippen molar-refractivity contribution in [1.29, 1.82) is 0 Å². The van der Waals surface area contributed by atoms with E-state index in [1.54, 1.807) is 31.5 Å². The van der Waals surface area contributed by atoms with E-state index >= 15 is 0 Å². The van der Waals surface area contributed by atoms with Crippen LogP contribution in [0.1, 0.15) is 16.1 Å². The smallest absolute Gasteiger partial charge is 0.271 e. The average Bonchev–Trinajstić information content (AvgIpc) is 3.22. The number of carbonyl (C=O) groups excluding carboxylic acids is 1. The molecule has 0 unspecified atom stereocenters. The molecule has 0 radical (unpaired) electrons. The van der Waals surface area contributed by atoms with Gasteiger partial charge in [0.15, 0.2) is 0 Å². The van der Waals surface area contributed by atoms with E-state index in [-0.39, 0.29) is 5.91 Å². The summed E-state index contributed by atoms with van der Waals surface area (Å²) in [5.41, 5.74) is 4.12. The number of hydrogen-bond donors (Lipinski definition) is 0. The lowest BCUT2D eigenvalue weighted by Gasteiger charge is -2.29. The summed E-state index contributed by atoms with van der Waals surface area (Å²) < 4.78 is 21.9. The molecule has 0 saturated carbocycles. The molecule has 5 rings (SSSR count). The molecule has 0 aliphatic carbocycles. The Hall–Kier alpha value is -3.64. The lowest BCUT2D eigenvalue weighted by molar-refractivity contribution is 0.0692. The molecule has 7 heteroatoms. The molecule has 3 heterocycles. The standard InChI is InChI=1S/C26H21ClFN3O2/c1-33-20-8-2-17(3-9-20)15-31-13-12-30-16-22(21-10-11-29-14-23(21)28)24(25(30)26(31)32)18-4-6-19(27)7-5-18/h2-11,14,16H,12-13,15H2,1H3. The summed E-state index contributed by atoms with van der Waals surface area (Å²) in [5, 5.41) is 0.593. The number of hydrogen-bond acceptors (Lipinski definition) is 3. The minimum Gasteiger partial charge on any atom is -0.497 e. The first kappa shape index (κ1) is 21.2. The predicted octanol–water partition coefficient (Wildman–Crippen LogP) is 5.67. The summed E-state index contributed by atoms with van der Waals surface area (Å²) in [4.78, 5) is 19.4. The van der Waals surface area contributed by atoms with E-state index in [2.05, 4.69) is 4.98 Å². The van der Waals surface area contributed by atoms with Crippen molar-refractivity contribution in [3.63, 3.8) is 0 Å². The SMILES string of the molecule is COc1ccc(CN2CCn3cc(-c4ccncc4F)c(-c4ccc(Cl)cc4)c3C2=O)cc1. The van der Waals surface area contributed by atoms with Crippen LogP contribution in [0.5, 0.6) is 5.75 Å². The van der Waals surface area contributed by atoms with Crippen LogP contribution in [0.4, 0.5) is 4.39 Å². The molecule has 1 amide bonds. The second-order valence-electron chi connectivity index (χ2n) is 7.90. The molecule has 166 valence electrons. The monoisotopic (exact) mass is 461 g/mol. The number of benzene rings is 2. The van der Waals surface area contributed by atoms with E-state index < -0.39 is 5.82 Å². The van der Waals surface area contributed by atoms with E-state index in [0.29, 0.717) is 47.0 Å². The van der Waals surface area contributed by atoms with Crippen LogP contribution in [-0.4, -0.2) is 34.0 Å². The van der Waals surface area contributed by atoms with Crippen LogP contribution in [0.2, 0.25) is 5.02 Å². The molecule has 4 aromatic rings. The molecule has 1 aliphatic heterocycles. The van der Waals surface area contributed by atoms with Crippen LogP contribution >= 0.6 is 11.6 Å². The first-order valence-corrected chi connectivity index (χ1v) is 10.9. The summed E-state index contributed by atoms with van der Waals surface area (Å²) in [6, 6.07) is 16.6. The van der Waals surface area contributed by atoms with Gasteiger partial charge in [0.2, 0.25) is 0 Å². The van der Waals surface area contributed by atoms with Gasteiger partial charge in [-0.1, -0.05) is 35.9 Å². The molecule has 33 heavy (non-hydrogen) atoms. The van der Waals surface area contributed by atoms with Crippen molar-refractivity contribution < 1.29 is 13.9 Å². The minimum atomic E-state index is -0.432. The largest absolute Gasteiger partial charge is 0.497 e. The molecule has 0 bridgehead atoms. The highest BCUT2D eigenvalue weighted by Crippen LogP contribution is 2.39. The maximum atomic E-state index is 14.7. The number of ether oxygens (including phenoxy) is 1. The Morgan fingerprint density at radius 3 is 2.48 bits per heavy atom. The number of aromatic nitrogens is 2. The number of methoxy groups -OCH3 is 1. The number of pyridine rings is 1. The number of carbonyl (C=O) groups is 1. The predicted molar refractivity (Wildman–Crippen MR) is 126 cm³/mol. The van der Waals surface area contributed by atoms with E-state index in [9.17, 15) is 9.18 Å². The Labute approximate surface area is 196 Å². The third kappa shape index (κ3) is 3.98. The van der Waals surface area contributed by atoms with E-state index in [0.717, 1.165) is 16.9 Å².